The Kier molecular flexibility index (Phi) is 8.78. The normalized spacial score (nSPS) is 14.0. The fraction of sp³-hybridized carbons (Fsp3) is 0.286. The average molecular weight is 549 g/mol. The Bertz CT molecular complexity index is 1220. The van der Waals surface area contributed by atoms with E-state index in [2.05, 4.69) is 10.6 Å². The van der Waals surface area contributed by atoms with E-state index in [-0.39, 0.29) is 26.2 Å². The molecule has 1 fully saturated rings. The number of carbonyl (C=O) groups is 3. The Balaban J connectivity index is 1.52. The van der Waals surface area contributed by atoms with Crippen LogP contribution in [0.4, 0.5) is 5.69 Å². The number of nitrogens with zero attached hydrogens (tertiary/aromatic N) is 1. The Labute approximate surface area is 211 Å². The van der Waals surface area contributed by atoms with Crippen molar-refractivity contribution in [1.82, 2.24) is 9.62 Å². The minimum Gasteiger partial charge on any atom is -0.454 e. The highest BCUT2D eigenvalue weighted by atomic mass is 35.5. The fourth-order valence-electron chi connectivity index (χ4n) is 3.14. The van der Waals surface area contributed by atoms with E-state index in [1.807, 2.05) is 0 Å². The number of amides is 2. The van der Waals surface area contributed by atoms with Crippen LogP contribution in [0.5, 0.6) is 0 Å². The van der Waals surface area contributed by atoms with Gasteiger partial charge in [0.05, 0.1) is 26.2 Å². The molecule has 1 saturated heterocycles. The minimum absolute atomic E-state index is 0.00494. The van der Waals surface area contributed by atoms with E-state index >= 15 is 0 Å². The highest BCUT2D eigenvalue weighted by molar-refractivity contribution is 7.89. The zero-order valence-electron chi connectivity index (χ0n) is 17.6. The van der Waals surface area contributed by atoms with Gasteiger partial charge in [-0.15, -0.1) is 0 Å². The first-order valence-electron chi connectivity index (χ1n) is 10.1. The molecule has 1 aliphatic heterocycles. The van der Waals surface area contributed by atoms with Crippen LogP contribution in [0.15, 0.2) is 41.3 Å². The molecule has 1 aliphatic rings. The maximum atomic E-state index is 12.7. The van der Waals surface area contributed by atoms with Gasteiger partial charge in [0.1, 0.15) is 6.54 Å². The van der Waals surface area contributed by atoms with Gasteiger partial charge in [0.2, 0.25) is 10.0 Å². The second-order valence-corrected chi connectivity index (χ2v) is 10.5. The van der Waals surface area contributed by atoms with Crippen molar-refractivity contribution in [2.45, 2.75) is 17.7 Å². The molecule has 182 valence electrons. The van der Waals surface area contributed by atoms with E-state index in [0.29, 0.717) is 18.1 Å². The highest BCUT2D eigenvalue weighted by Crippen LogP contribution is 2.28. The van der Waals surface area contributed by atoms with Crippen LogP contribution in [-0.2, 0) is 24.3 Å². The van der Waals surface area contributed by atoms with Crippen molar-refractivity contribution in [3.63, 3.8) is 0 Å². The van der Waals surface area contributed by atoms with E-state index in [1.165, 1.54) is 40.7 Å². The van der Waals surface area contributed by atoms with Crippen LogP contribution in [0.2, 0.25) is 15.1 Å². The van der Waals surface area contributed by atoms with Crippen molar-refractivity contribution in [2.24, 2.45) is 0 Å². The number of sulfonamides is 1. The molecule has 2 aromatic carbocycles. The number of ether oxygens (including phenoxy) is 1. The van der Waals surface area contributed by atoms with Crippen LogP contribution in [-0.4, -0.2) is 56.7 Å². The fourth-order valence-corrected chi connectivity index (χ4v) is 5.35. The van der Waals surface area contributed by atoms with Crippen molar-refractivity contribution in [3.8, 4) is 0 Å². The first-order chi connectivity index (χ1) is 16.1. The smallest absolute Gasteiger partial charge is 0.325 e. The standard InChI is InChI=1S/C21H20Cl3N3O6S/c22-13-3-5-15(17(24)9-13)21(30)25-11-20(29)33-12-19(28)26-18-10-14(4-6-16(18)23)34(31,32)27-7-1-2-8-27/h3-6,9-10H,1-2,7-8,11-12H2,(H,25,30)(H,26,28). The third-order valence-electron chi connectivity index (χ3n) is 4.85. The molecule has 0 aliphatic carbocycles. The van der Waals surface area contributed by atoms with Crippen molar-refractivity contribution in [2.75, 3.05) is 31.6 Å². The van der Waals surface area contributed by atoms with Gasteiger partial charge in [-0.05, 0) is 49.2 Å². The lowest BCUT2D eigenvalue weighted by Gasteiger charge is -2.16. The van der Waals surface area contributed by atoms with Crippen molar-refractivity contribution < 1.29 is 27.5 Å². The predicted octanol–water partition coefficient (Wildman–Crippen LogP) is 3.34. The third-order valence-corrected chi connectivity index (χ3v) is 7.62. The summed E-state index contributed by atoms with van der Waals surface area (Å²) in [4.78, 5) is 36.2. The minimum atomic E-state index is -3.70. The summed E-state index contributed by atoms with van der Waals surface area (Å²) < 4.78 is 31.6. The highest BCUT2D eigenvalue weighted by Gasteiger charge is 2.28. The maximum absolute atomic E-state index is 12.7. The number of esters is 1. The van der Waals surface area contributed by atoms with Gasteiger partial charge in [0.15, 0.2) is 6.61 Å². The number of hydrogen-bond acceptors (Lipinski definition) is 6. The molecule has 1 heterocycles. The second-order valence-electron chi connectivity index (χ2n) is 7.27. The van der Waals surface area contributed by atoms with Gasteiger partial charge in [0.25, 0.3) is 11.8 Å². The van der Waals surface area contributed by atoms with E-state index in [9.17, 15) is 22.8 Å². The number of anilines is 1. The zero-order chi connectivity index (χ0) is 24.9. The number of carbonyl (C=O) groups excluding carboxylic acids is 3. The van der Waals surface area contributed by atoms with E-state index < -0.39 is 41.0 Å². The van der Waals surface area contributed by atoms with E-state index in [4.69, 9.17) is 39.5 Å². The summed E-state index contributed by atoms with van der Waals surface area (Å²) in [7, 11) is -3.70. The summed E-state index contributed by atoms with van der Waals surface area (Å²) in [6, 6.07) is 8.25. The number of halogens is 3. The van der Waals surface area contributed by atoms with Crippen molar-refractivity contribution in [1.29, 1.82) is 0 Å². The van der Waals surface area contributed by atoms with Crippen LogP contribution in [0.1, 0.15) is 23.2 Å². The molecule has 0 atom stereocenters. The molecule has 2 amide bonds. The quantitative estimate of drug-likeness (QED) is 0.488. The molecule has 0 aromatic heterocycles. The number of hydrogen-bond donors (Lipinski definition) is 2. The first kappa shape index (κ1) is 26.2. The SMILES string of the molecule is O=C(COC(=O)CNC(=O)c1ccc(Cl)cc1Cl)Nc1cc(S(=O)(=O)N2CCCC2)ccc1Cl. The summed E-state index contributed by atoms with van der Waals surface area (Å²) in [6.45, 7) is -0.308. The number of benzene rings is 2. The molecular weight excluding hydrogens is 529 g/mol. The van der Waals surface area contributed by atoms with Crippen LogP contribution in [0.25, 0.3) is 0 Å². The molecule has 13 heteroatoms. The predicted molar refractivity (Wildman–Crippen MR) is 128 cm³/mol. The molecular formula is C21H20Cl3N3O6S. The van der Waals surface area contributed by atoms with Crippen molar-refractivity contribution >= 4 is 68.3 Å². The Hall–Kier alpha value is -2.37. The molecule has 0 bridgehead atoms. The lowest BCUT2D eigenvalue weighted by molar-refractivity contribution is -0.146. The molecule has 34 heavy (non-hydrogen) atoms. The Morgan fingerprint density at radius 2 is 1.68 bits per heavy atom. The molecule has 0 spiro atoms. The average Bonchev–Trinajstić information content (AvgIpc) is 3.33. The van der Waals surface area contributed by atoms with Crippen LogP contribution in [0.3, 0.4) is 0 Å². The molecule has 9 nitrogen and oxygen atoms in total. The second kappa shape index (κ2) is 11.4. The lowest BCUT2D eigenvalue weighted by atomic mass is 10.2. The van der Waals surface area contributed by atoms with Gasteiger partial charge in [0, 0.05) is 18.1 Å². The third kappa shape index (κ3) is 6.61. The topological polar surface area (TPSA) is 122 Å². The summed E-state index contributed by atoms with van der Waals surface area (Å²) in [5.74, 6) is -2.23. The Morgan fingerprint density at radius 1 is 0.971 bits per heavy atom. The van der Waals surface area contributed by atoms with Crippen LogP contribution in [0, 0.1) is 0 Å². The van der Waals surface area contributed by atoms with Crippen LogP contribution < -0.4 is 10.6 Å². The lowest BCUT2D eigenvalue weighted by Crippen LogP contribution is -2.32. The molecule has 0 radical (unpaired) electrons. The molecule has 2 aromatic rings. The summed E-state index contributed by atoms with van der Waals surface area (Å²) >= 11 is 17.8. The Morgan fingerprint density at radius 3 is 2.35 bits per heavy atom. The van der Waals surface area contributed by atoms with Gasteiger partial charge in [-0.3, -0.25) is 14.4 Å². The zero-order valence-corrected chi connectivity index (χ0v) is 20.7. The van der Waals surface area contributed by atoms with E-state index in [0.717, 1.165) is 12.8 Å². The van der Waals surface area contributed by atoms with Gasteiger partial charge < -0.3 is 15.4 Å². The molecule has 3 rings (SSSR count). The van der Waals surface area contributed by atoms with Gasteiger partial charge >= 0.3 is 5.97 Å². The maximum Gasteiger partial charge on any atom is 0.325 e. The largest absolute Gasteiger partial charge is 0.454 e. The van der Waals surface area contributed by atoms with Gasteiger partial charge in [-0.2, -0.15) is 4.31 Å². The number of rotatable bonds is 8. The van der Waals surface area contributed by atoms with Crippen LogP contribution >= 0.6 is 34.8 Å². The molecule has 2 N–H and O–H groups in total. The molecule has 0 saturated carbocycles. The summed E-state index contributed by atoms with van der Waals surface area (Å²) in [6.07, 6.45) is 1.57. The van der Waals surface area contributed by atoms with E-state index in [1.54, 1.807) is 0 Å². The van der Waals surface area contributed by atoms with Gasteiger partial charge in [-0.1, -0.05) is 34.8 Å². The summed E-state index contributed by atoms with van der Waals surface area (Å²) in [5.41, 5.74) is 0.184. The monoisotopic (exact) mass is 547 g/mol. The summed E-state index contributed by atoms with van der Waals surface area (Å²) in [5, 5.41) is 5.34. The number of nitrogens with one attached hydrogen (secondary N) is 2. The van der Waals surface area contributed by atoms with Crippen molar-refractivity contribution in [3.05, 3.63) is 57.0 Å². The first-order valence-corrected chi connectivity index (χ1v) is 12.6. The van der Waals surface area contributed by atoms with Gasteiger partial charge in [-0.25, -0.2) is 8.42 Å². The molecule has 0 unspecified atom stereocenters.